The zero-order valence-electron chi connectivity index (χ0n) is 9.11. The molecule has 0 aliphatic rings. The number of pyridine rings is 1. The van der Waals surface area contributed by atoms with Crippen LogP contribution >= 0.6 is 0 Å². The Bertz CT molecular complexity index is 246. The molecule has 2 heteroatoms. The number of nitrogens with zero attached hydrogens (tertiary/aromatic N) is 1. The fourth-order valence-corrected chi connectivity index (χ4v) is 1.61. The Morgan fingerprint density at radius 3 is 2.71 bits per heavy atom. The van der Waals surface area contributed by atoms with Gasteiger partial charge in [-0.1, -0.05) is 26.3 Å². The van der Waals surface area contributed by atoms with E-state index in [1.807, 2.05) is 18.3 Å². The molecule has 2 unspecified atom stereocenters. The van der Waals surface area contributed by atoms with Crippen LogP contribution in [0, 0.1) is 5.92 Å². The van der Waals surface area contributed by atoms with Crippen molar-refractivity contribution in [3.8, 4) is 0 Å². The van der Waals surface area contributed by atoms with Gasteiger partial charge in [0.2, 0.25) is 0 Å². The minimum atomic E-state index is 0.422. The number of hydrogen-bond acceptors (Lipinski definition) is 2. The van der Waals surface area contributed by atoms with E-state index in [0.717, 1.165) is 18.0 Å². The van der Waals surface area contributed by atoms with Crippen LogP contribution < -0.4 is 5.73 Å². The third kappa shape index (κ3) is 3.11. The van der Waals surface area contributed by atoms with Gasteiger partial charge in [-0.25, -0.2) is 0 Å². The van der Waals surface area contributed by atoms with Crippen LogP contribution in [0.3, 0.4) is 0 Å². The Morgan fingerprint density at radius 1 is 1.43 bits per heavy atom. The van der Waals surface area contributed by atoms with Crippen LogP contribution in [0.25, 0.3) is 0 Å². The van der Waals surface area contributed by atoms with Crippen LogP contribution in [0.1, 0.15) is 38.3 Å². The summed E-state index contributed by atoms with van der Waals surface area (Å²) in [6.45, 7) is 5.18. The van der Waals surface area contributed by atoms with Crippen molar-refractivity contribution in [1.29, 1.82) is 0 Å². The number of rotatable bonds is 5. The molecule has 0 aliphatic heterocycles. The molecule has 0 amide bonds. The van der Waals surface area contributed by atoms with Crippen LogP contribution in [0.2, 0.25) is 0 Å². The lowest BCUT2D eigenvalue weighted by molar-refractivity contribution is 0.453. The second-order valence-electron chi connectivity index (χ2n) is 3.94. The van der Waals surface area contributed by atoms with E-state index < -0.39 is 0 Å². The van der Waals surface area contributed by atoms with E-state index in [2.05, 4.69) is 24.9 Å². The fraction of sp³-hybridized carbons (Fsp3) is 0.583. The smallest absolute Gasteiger partial charge is 0.0447 e. The van der Waals surface area contributed by atoms with E-state index in [9.17, 15) is 0 Å². The molecule has 0 aliphatic carbocycles. The molecule has 0 spiro atoms. The van der Waals surface area contributed by atoms with Crippen molar-refractivity contribution in [3.63, 3.8) is 0 Å². The summed E-state index contributed by atoms with van der Waals surface area (Å²) in [5, 5.41) is 0. The van der Waals surface area contributed by atoms with Gasteiger partial charge in [-0.15, -0.1) is 0 Å². The van der Waals surface area contributed by atoms with Gasteiger partial charge in [-0.2, -0.15) is 0 Å². The Kier molecular flexibility index (Phi) is 4.60. The first-order valence-corrected chi connectivity index (χ1v) is 5.38. The van der Waals surface area contributed by atoms with E-state index in [-0.39, 0.29) is 0 Å². The monoisotopic (exact) mass is 192 g/mol. The molecular weight excluding hydrogens is 172 g/mol. The first kappa shape index (κ1) is 11.2. The zero-order chi connectivity index (χ0) is 10.4. The molecule has 2 atom stereocenters. The molecule has 0 fully saturated rings. The molecule has 1 rings (SSSR count). The van der Waals surface area contributed by atoms with Gasteiger partial charge in [0.25, 0.3) is 0 Å². The first-order valence-electron chi connectivity index (χ1n) is 5.38. The molecule has 78 valence electrons. The fourth-order valence-electron chi connectivity index (χ4n) is 1.61. The molecule has 14 heavy (non-hydrogen) atoms. The molecule has 0 saturated heterocycles. The second-order valence-corrected chi connectivity index (χ2v) is 3.94. The topological polar surface area (TPSA) is 38.9 Å². The third-order valence-electron chi connectivity index (χ3n) is 2.77. The average Bonchev–Trinajstić information content (AvgIpc) is 2.26. The van der Waals surface area contributed by atoms with Crippen molar-refractivity contribution >= 4 is 0 Å². The van der Waals surface area contributed by atoms with E-state index in [4.69, 9.17) is 5.73 Å². The SMILES string of the molecule is CCC(C)CC(CN)c1ccccn1. The quantitative estimate of drug-likeness (QED) is 0.778. The molecule has 0 saturated carbocycles. The van der Waals surface area contributed by atoms with Crippen LogP contribution in [0.4, 0.5) is 0 Å². The van der Waals surface area contributed by atoms with Crippen LogP contribution in [-0.4, -0.2) is 11.5 Å². The second kappa shape index (κ2) is 5.76. The largest absolute Gasteiger partial charge is 0.330 e. The van der Waals surface area contributed by atoms with E-state index in [1.165, 1.54) is 6.42 Å². The molecule has 1 heterocycles. The number of aromatic nitrogens is 1. The third-order valence-corrected chi connectivity index (χ3v) is 2.77. The van der Waals surface area contributed by atoms with Crippen molar-refractivity contribution in [2.24, 2.45) is 11.7 Å². The summed E-state index contributed by atoms with van der Waals surface area (Å²) in [5.74, 6) is 1.15. The lowest BCUT2D eigenvalue weighted by Gasteiger charge is -2.17. The highest BCUT2D eigenvalue weighted by Crippen LogP contribution is 2.22. The van der Waals surface area contributed by atoms with Crippen molar-refractivity contribution in [2.45, 2.75) is 32.6 Å². The number of hydrogen-bond donors (Lipinski definition) is 1. The maximum atomic E-state index is 5.77. The van der Waals surface area contributed by atoms with Gasteiger partial charge in [0.15, 0.2) is 0 Å². The van der Waals surface area contributed by atoms with Crippen LogP contribution in [0.15, 0.2) is 24.4 Å². The predicted octanol–water partition coefficient (Wildman–Crippen LogP) is 2.56. The molecule has 2 N–H and O–H groups in total. The highest BCUT2D eigenvalue weighted by molar-refractivity contribution is 5.09. The zero-order valence-corrected chi connectivity index (χ0v) is 9.11. The van der Waals surface area contributed by atoms with Gasteiger partial charge in [0, 0.05) is 24.4 Å². The van der Waals surface area contributed by atoms with Gasteiger partial charge in [0.05, 0.1) is 0 Å². The lowest BCUT2D eigenvalue weighted by Crippen LogP contribution is -2.16. The summed E-state index contributed by atoms with van der Waals surface area (Å²) in [5.41, 5.74) is 6.90. The van der Waals surface area contributed by atoms with Gasteiger partial charge in [-0.05, 0) is 24.5 Å². The summed E-state index contributed by atoms with van der Waals surface area (Å²) in [7, 11) is 0. The van der Waals surface area contributed by atoms with Crippen molar-refractivity contribution < 1.29 is 0 Å². The minimum absolute atomic E-state index is 0.422. The Balaban J connectivity index is 2.63. The minimum Gasteiger partial charge on any atom is -0.330 e. The Labute approximate surface area is 86.5 Å². The average molecular weight is 192 g/mol. The summed E-state index contributed by atoms with van der Waals surface area (Å²) in [6.07, 6.45) is 4.20. The highest BCUT2D eigenvalue weighted by Gasteiger charge is 2.13. The summed E-state index contributed by atoms with van der Waals surface area (Å²) in [4.78, 5) is 4.36. The maximum Gasteiger partial charge on any atom is 0.0447 e. The predicted molar refractivity (Wildman–Crippen MR) is 60.1 cm³/mol. The molecular formula is C12H20N2. The molecule has 0 aromatic carbocycles. The highest BCUT2D eigenvalue weighted by atomic mass is 14.7. The molecule has 0 bridgehead atoms. The normalized spacial score (nSPS) is 15.1. The van der Waals surface area contributed by atoms with Crippen LogP contribution in [0.5, 0.6) is 0 Å². The molecule has 0 radical (unpaired) electrons. The van der Waals surface area contributed by atoms with Crippen molar-refractivity contribution in [1.82, 2.24) is 4.98 Å². The van der Waals surface area contributed by atoms with Gasteiger partial charge in [0.1, 0.15) is 0 Å². The van der Waals surface area contributed by atoms with Gasteiger partial charge < -0.3 is 5.73 Å². The Hall–Kier alpha value is -0.890. The first-order chi connectivity index (χ1) is 6.77. The van der Waals surface area contributed by atoms with Crippen LogP contribution in [-0.2, 0) is 0 Å². The molecule has 2 nitrogen and oxygen atoms in total. The standard InChI is InChI=1S/C12H20N2/c1-3-10(2)8-11(9-13)12-6-4-5-7-14-12/h4-7,10-11H,3,8-9,13H2,1-2H3. The molecule has 1 aromatic heterocycles. The van der Waals surface area contributed by atoms with Crippen molar-refractivity contribution in [2.75, 3.05) is 6.54 Å². The summed E-state index contributed by atoms with van der Waals surface area (Å²) < 4.78 is 0. The summed E-state index contributed by atoms with van der Waals surface area (Å²) in [6, 6.07) is 6.04. The van der Waals surface area contributed by atoms with Gasteiger partial charge >= 0.3 is 0 Å². The Morgan fingerprint density at radius 2 is 2.21 bits per heavy atom. The van der Waals surface area contributed by atoms with E-state index in [0.29, 0.717) is 12.5 Å². The van der Waals surface area contributed by atoms with E-state index in [1.54, 1.807) is 0 Å². The summed E-state index contributed by atoms with van der Waals surface area (Å²) >= 11 is 0. The maximum absolute atomic E-state index is 5.77. The van der Waals surface area contributed by atoms with E-state index >= 15 is 0 Å². The molecule has 1 aromatic rings. The lowest BCUT2D eigenvalue weighted by atomic mass is 9.91. The number of nitrogens with two attached hydrogens (primary N) is 1. The van der Waals surface area contributed by atoms with Gasteiger partial charge in [-0.3, -0.25) is 4.98 Å². The van der Waals surface area contributed by atoms with Crippen molar-refractivity contribution in [3.05, 3.63) is 30.1 Å².